The van der Waals surface area contributed by atoms with Crippen LogP contribution in [-0.2, 0) is 9.53 Å². The number of carbonyl (C=O) groups excluding carboxylic acids is 1. The van der Waals surface area contributed by atoms with Crippen LogP contribution < -0.4 is 10.1 Å². The molecule has 1 unspecified atom stereocenters. The molecule has 28 heavy (non-hydrogen) atoms. The van der Waals surface area contributed by atoms with Gasteiger partial charge in [-0.1, -0.05) is 34.6 Å². The fraction of sp³-hybridized carbons (Fsp3) is 0.696. The highest BCUT2D eigenvalue weighted by Gasteiger charge is 2.34. The lowest BCUT2D eigenvalue weighted by Crippen LogP contribution is -2.44. The summed E-state index contributed by atoms with van der Waals surface area (Å²) < 4.78 is 11.7. The third kappa shape index (κ3) is 8.61. The quantitative estimate of drug-likeness (QED) is 0.454. The van der Waals surface area contributed by atoms with Crippen molar-refractivity contribution in [1.82, 2.24) is 4.90 Å². The van der Waals surface area contributed by atoms with Gasteiger partial charge in [0.05, 0.1) is 6.61 Å². The highest BCUT2D eigenvalue weighted by atomic mass is 16.5. The first-order chi connectivity index (χ1) is 13.3. The van der Waals surface area contributed by atoms with Crippen LogP contribution in [0.4, 0.5) is 5.69 Å². The molecule has 0 fully saturated rings. The van der Waals surface area contributed by atoms with E-state index in [1.54, 1.807) is 0 Å². The number of rotatable bonds is 14. The summed E-state index contributed by atoms with van der Waals surface area (Å²) in [4.78, 5) is 15.2. The van der Waals surface area contributed by atoms with Gasteiger partial charge in [0, 0.05) is 18.8 Å². The molecule has 0 saturated heterocycles. The molecular weight excluding hydrogens is 352 g/mol. The highest BCUT2D eigenvalue weighted by Crippen LogP contribution is 2.24. The lowest BCUT2D eigenvalue weighted by molar-refractivity contribution is -0.141. The maximum absolute atomic E-state index is 12.8. The van der Waals surface area contributed by atoms with Crippen molar-refractivity contribution in [2.24, 2.45) is 5.92 Å². The first-order valence-corrected chi connectivity index (χ1v) is 10.7. The molecule has 0 aromatic heterocycles. The minimum Gasteiger partial charge on any atom is -0.494 e. The van der Waals surface area contributed by atoms with E-state index in [1.807, 2.05) is 31.2 Å². The maximum Gasteiger partial charge on any atom is 0.256 e. The number of hydrogen-bond donors (Lipinski definition) is 1. The molecule has 0 radical (unpaired) electrons. The zero-order valence-corrected chi connectivity index (χ0v) is 18.7. The van der Waals surface area contributed by atoms with Crippen molar-refractivity contribution in [2.45, 2.75) is 66.4 Å². The van der Waals surface area contributed by atoms with Gasteiger partial charge in [0.1, 0.15) is 11.4 Å². The first-order valence-electron chi connectivity index (χ1n) is 10.7. The van der Waals surface area contributed by atoms with E-state index in [0.717, 1.165) is 43.9 Å². The molecule has 1 N–H and O–H groups in total. The molecule has 0 heterocycles. The lowest BCUT2D eigenvalue weighted by Gasteiger charge is -2.30. The smallest absolute Gasteiger partial charge is 0.256 e. The summed E-state index contributed by atoms with van der Waals surface area (Å²) in [7, 11) is 0. The SMILES string of the molecule is CCCOC(C)(CC(C)C)C(=O)Nc1ccc(OCCCN(CC)CC)cc1. The highest BCUT2D eigenvalue weighted by molar-refractivity contribution is 5.97. The Morgan fingerprint density at radius 2 is 1.75 bits per heavy atom. The first kappa shape index (κ1) is 24.4. The van der Waals surface area contributed by atoms with Crippen molar-refractivity contribution in [3.63, 3.8) is 0 Å². The van der Waals surface area contributed by atoms with Gasteiger partial charge in [-0.25, -0.2) is 0 Å². The number of benzene rings is 1. The van der Waals surface area contributed by atoms with Crippen molar-refractivity contribution < 1.29 is 14.3 Å². The molecule has 0 saturated carbocycles. The van der Waals surface area contributed by atoms with E-state index < -0.39 is 5.60 Å². The summed E-state index contributed by atoms with van der Waals surface area (Å²) in [5, 5.41) is 3.00. The van der Waals surface area contributed by atoms with Gasteiger partial charge in [-0.15, -0.1) is 0 Å². The van der Waals surface area contributed by atoms with E-state index in [4.69, 9.17) is 9.47 Å². The van der Waals surface area contributed by atoms with Crippen LogP contribution in [0.3, 0.4) is 0 Å². The van der Waals surface area contributed by atoms with Crippen LogP contribution in [-0.4, -0.2) is 49.3 Å². The van der Waals surface area contributed by atoms with E-state index in [-0.39, 0.29) is 5.91 Å². The van der Waals surface area contributed by atoms with Crippen molar-refractivity contribution in [3.8, 4) is 5.75 Å². The van der Waals surface area contributed by atoms with Crippen LogP contribution in [0.25, 0.3) is 0 Å². The van der Waals surface area contributed by atoms with Gasteiger partial charge in [0.2, 0.25) is 0 Å². The monoisotopic (exact) mass is 392 g/mol. The third-order valence-electron chi connectivity index (χ3n) is 4.80. The Kier molecular flexibility index (Phi) is 11.2. The van der Waals surface area contributed by atoms with Crippen molar-refractivity contribution in [1.29, 1.82) is 0 Å². The molecular formula is C23H40N2O3. The molecule has 0 aliphatic carbocycles. The summed E-state index contributed by atoms with van der Waals surface area (Å²) in [6.07, 6.45) is 2.58. The largest absolute Gasteiger partial charge is 0.494 e. The van der Waals surface area contributed by atoms with Gasteiger partial charge < -0.3 is 19.7 Å². The molecule has 1 aromatic rings. The predicted octanol–water partition coefficient (Wildman–Crippen LogP) is 4.97. The fourth-order valence-electron chi connectivity index (χ4n) is 3.24. The fourth-order valence-corrected chi connectivity index (χ4v) is 3.24. The Balaban J connectivity index is 2.56. The Morgan fingerprint density at radius 1 is 1.11 bits per heavy atom. The summed E-state index contributed by atoms with van der Waals surface area (Å²) in [6, 6.07) is 7.57. The predicted molar refractivity (Wildman–Crippen MR) is 117 cm³/mol. The molecule has 0 aliphatic rings. The number of amides is 1. The third-order valence-corrected chi connectivity index (χ3v) is 4.80. The topological polar surface area (TPSA) is 50.8 Å². The second kappa shape index (κ2) is 12.8. The van der Waals surface area contributed by atoms with Crippen molar-refractivity contribution in [2.75, 3.05) is 38.2 Å². The Morgan fingerprint density at radius 3 is 2.29 bits per heavy atom. The second-order valence-electron chi connectivity index (χ2n) is 7.88. The number of ether oxygens (including phenoxy) is 2. The van der Waals surface area contributed by atoms with E-state index >= 15 is 0 Å². The molecule has 1 amide bonds. The number of nitrogens with one attached hydrogen (secondary N) is 1. The standard InChI is InChI=1S/C23H40N2O3/c1-7-16-28-23(6,18-19(4)5)22(26)24-20-11-13-21(14-12-20)27-17-10-15-25(8-2)9-3/h11-14,19H,7-10,15-18H2,1-6H3,(H,24,26). The van der Waals surface area contributed by atoms with Crippen molar-refractivity contribution >= 4 is 11.6 Å². The maximum atomic E-state index is 12.8. The summed E-state index contributed by atoms with van der Waals surface area (Å²) >= 11 is 0. The Hall–Kier alpha value is -1.59. The van der Waals surface area contributed by atoms with E-state index in [9.17, 15) is 4.79 Å². The van der Waals surface area contributed by atoms with E-state index in [2.05, 4.69) is 44.8 Å². The van der Waals surface area contributed by atoms with Crippen LogP contribution >= 0.6 is 0 Å². The van der Waals surface area contributed by atoms with Gasteiger partial charge >= 0.3 is 0 Å². The molecule has 160 valence electrons. The summed E-state index contributed by atoms with van der Waals surface area (Å²) in [5.41, 5.74) is -0.0559. The zero-order valence-electron chi connectivity index (χ0n) is 18.7. The van der Waals surface area contributed by atoms with Gasteiger partial charge in [-0.3, -0.25) is 4.79 Å². The zero-order chi connectivity index (χ0) is 21.0. The van der Waals surface area contributed by atoms with Crippen LogP contribution in [0.5, 0.6) is 5.75 Å². The van der Waals surface area contributed by atoms with Crippen LogP contribution in [0.2, 0.25) is 0 Å². The normalized spacial score (nSPS) is 13.6. The Labute approximate surface area is 171 Å². The lowest BCUT2D eigenvalue weighted by atomic mass is 9.93. The number of carbonyl (C=O) groups is 1. The second-order valence-corrected chi connectivity index (χ2v) is 7.88. The minimum absolute atomic E-state index is 0.0949. The van der Waals surface area contributed by atoms with Crippen LogP contribution in [0.1, 0.15) is 60.8 Å². The molecule has 1 aromatic carbocycles. The summed E-state index contributed by atoms with van der Waals surface area (Å²) in [6.45, 7) is 17.0. The number of anilines is 1. The molecule has 1 rings (SSSR count). The number of nitrogens with zero attached hydrogens (tertiary/aromatic N) is 1. The molecule has 5 nitrogen and oxygen atoms in total. The van der Waals surface area contributed by atoms with Gasteiger partial charge in [-0.2, -0.15) is 0 Å². The van der Waals surface area contributed by atoms with E-state index in [0.29, 0.717) is 25.6 Å². The molecule has 0 aliphatic heterocycles. The molecule has 5 heteroatoms. The number of hydrogen-bond acceptors (Lipinski definition) is 4. The summed E-state index contributed by atoms with van der Waals surface area (Å²) in [5.74, 6) is 1.10. The minimum atomic E-state index is -0.816. The average molecular weight is 393 g/mol. The van der Waals surface area contributed by atoms with Gasteiger partial charge in [0.25, 0.3) is 5.91 Å². The van der Waals surface area contributed by atoms with Gasteiger partial charge in [-0.05, 0) is 69.5 Å². The van der Waals surface area contributed by atoms with E-state index in [1.165, 1.54) is 0 Å². The average Bonchev–Trinajstić information content (AvgIpc) is 2.67. The molecule has 1 atom stereocenters. The van der Waals surface area contributed by atoms with Gasteiger partial charge in [0.15, 0.2) is 0 Å². The van der Waals surface area contributed by atoms with Crippen molar-refractivity contribution in [3.05, 3.63) is 24.3 Å². The molecule has 0 spiro atoms. The molecule has 0 bridgehead atoms. The Bertz CT molecular complexity index is 555. The van der Waals surface area contributed by atoms with Crippen LogP contribution in [0.15, 0.2) is 24.3 Å². The van der Waals surface area contributed by atoms with Crippen LogP contribution in [0, 0.1) is 5.92 Å².